The van der Waals surface area contributed by atoms with E-state index in [-0.39, 0.29) is 16.4 Å². The zero-order valence-corrected chi connectivity index (χ0v) is 14.9. The molecule has 1 aliphatic rings. The molecule has 0 aromatic heterocycles. The Morgan fingerprint density at radius 1 is 0.963 bits per heavy atom. The Balaban J connectivity index is 1.51. The van der Waals surface area contributed by atoms with Crippen LogP contribution in [0.1, 0.15) is 31.8 Å². The summed E-state index contributed by atoms with van der Waals surface area (Å²) in [6.07, 6.45) is 0.834. The number of benzene rings is 3. The van der Waals surface area contributed by atoms with E-state index in [1.54, 1.807) is 6.07 Å². The van der Waals surface area contributed by atoms with Gasteiger partial charge < -0.3 is 4.74 Å². The highest BCUT2D eigenvalue weighted by Gasteiger charge is 2.21. The van der Waals surface area contributed by atoms with Gasteiger partial charge in [-0.05, 0) is 46.9 Å². The molecule has 27 heavy (non-hydrogen) atoms. The van der Waals surface area contributed by atoms with Crippen molar-refractivity contribution in [3.8, 4) is 11.1 Å². The highest BCUT2D eigenvalue weighted by Crippen LogP contribution is 2.36. The minimum atomic E-state index is -0.960. The quantitative estimate of drug-likeness (QED) is 0.366. The van der Waals surface area contributed by atoms with Crippen molar-refractivity contribution < 1.29 is 18.7 Å². The van der Waals surface area contributed by atoms with Crippen LogP contribution >= 0.6 is 11.6 Å². The summed E-state index contributed by atoms with van der Waals surface area (Å²) in [6.45, 7) is -0.482. The van der Waals surface area contributed by atoms with E-state index < -0.39 is 18.4 Å². The monoisotopic (exact) mass is 380 g/mol. The molecule has 0 saturated carbocycles. The maximum Gasteiger partial charge on any atom is 0.343 e. The third kappa shape index (κ3) is 3.24. The minimum Gasteiger partial charge on any atom is -0.454 e. The van der Waals surface area contributed by atoms with Crippen LogP contribution in [-0.4, -0.2) is 18.4 Å². The van der Waals surface area contributed by atoms with Gasteiger partial charge in [-0.25, -0.2) is 9.18 Å². The second-order valence-electron chi connectivity index (χ2n) is 6.30. The molecule has 0 aliphatic heterocycles. The van der Waals surface area contributed by atoms with Crippen LogP contribution in [-0.2, 0) is 11.2 Å². The van der Waals surface area contributed by atoms with Crippen LogP contribution in [0.2, 0.25) is 5.02 Å². The summed E-state index contributed by atoms with van der Waals surface area (Å²) < 4.78 is 18.8. The van der Waals surface area contributed by atoms with E-state index in [0.717, 1.165) is 29.2 Å². The van der Waals surface area contributed by atoms with Crippen molar-refractivity contribution in [1.82, 2.24) is 0 Å². The molecule has 0 amide bonds. The molecule has 0 fully saturated rings. The highest BCUT2D eigenvalue weighted by atomic mass is 35.5. The molecule has 0 spiro atoms. The van der Waals surface area contributed by atoms with Crippen molar-refractivity contribution in [2.45, 2.75) is 6.42 Å². The van der Waals surface area contributed by atoms with Crippen molar-refractivity contribution in [3.63, 3.8) is 0 Å². The summed E-state index contributed by atoms with van der Waals surface area (Å²) >= 11 is 5.84. The molecule has 0 atom stereocenters. The van der Waals surface area contributed by atoms with Crippen LogP contribution in [0.3, 0.4) is 0 Å². The van der Waals surface area contributed by atoms with E-state index in [4.69, 9.17) is 16.3 Å². The average Bonchev–Trinajstić information content (AvgIpc) is 3.04. The standard InChI is InChI=1S/C22H14ClFO3/c23-18-6-3-7-19(24)21(18)22(26)27-12-20(25)15-9-8-14-10-13-4-1-2-5-16(13)17(14)11-15/h1-9,11H,10,12H2. The molecule has 3 aromatic rings. The number of halogens is 2. The van der Waals surface area contributed by atoms with Gasteiger partial charge in [0.15, 0.2) is 12.4 Å². The molecule has 3 aromatic carbocycles. The lowest BCUT2D eigenvalue weighted by molar-refractivity contribution is 0.0470. The molecule has 4 rings (SSSR count). The summed E-state index contributed by atoms with van der Waals surface area (Å²) in [4.78, 5) is 24.5. The van der Waals surface area contributed by atoms with Gasteiger partial charge in [-0.1, -0.05) is 54.1 Å². The van der Waals surface area contributed by atoms with Crippen molar-refractivity contribution in [2.24, 2.45) is 0 Å². The van der Waals surface area contributed by atoms with Gasteiger partial charge in [0.25, 0.3) is 0 Å². The first kappa shape index (κ1) is 17.4. The van der Waals surface area contributed by atoms with Gasteiger partial charge in [-0.15, -0.1) is 0 Å². The number of carbonyl (C=O) groups excluding carboxylic acids is 2. The van der Waals surface area contributed by atoms with Crippen molar-refractivity contribution >= 4 is 23.4 Å². The van der Waals surface area contributed by atoms with Gasteiger partial charge in [-0.2, -0.15) is 0 Å². The predicted octanol–water partition coefficient (Wildman–Crippen LogP) is 5.09. The van der Waals surface area contributed by atoms with Crippen LogP contribution in [0.4, 0.5) is 4.39 Å². The number of rotatable bonds is 4. The lowest BCUT2D eigenvalue weighted by Gasteiger charge is -2.08. The molecule has 0 saturated heterocycles. The Labute approximate surface area is 160 Å². The van der Waals surface area contributed by atoms with Crippen LogP contribution in [0, 0.1) is 5.82 Å². The Kier molecular flexibility index (Phi) is 4.50. The molecule has 1 aliphatic carbocycles. The topological polar surface area (TPSA) is 43.4 Å². The number of fused-ring (bicyclic) bond motifs is 3. The number of hydrogen-bond acceptors (Lipinski definition) is 3. The van der Waals surface area contributed by atoms with E-state index in [9.17, 15) is 14.0 Å². The zero-order valence-electron chi connectivity index (χ0n) is 14.2. The lowest BCUT2D eigenvalue weighted by Crippen LogP contribution is -2.15. The van der Waals surface area contributed by atoms with E-state index in [0.29, 0.717) is 5.56 Å². The summed E-state index contributed by atoms with van der Waals surface area (Å²) in [5.74, 6) is -2.10. The van der Waals surface area contributed by atoms with E-state index in [1.807, 2.05) is 30.3 Å². The second-order valence-corrected chi connectivity index (χ2v) is 6.71. The number of Topliss-reactive ketones (excluding diaryl/α,β-unsaturated/α-hetero) is 1. The fourth-order valence-corrected chi connectivity index (χ4v) is 3.52. The van der Waals surface area contributed by atoms with E-state index >= 15 is 0 Å². The van der Waals surface area contributed by atoms with Gasteiger partial charge in [0.05, 0.1) is 5.02 Å². The van der Waals surface area contributed by atoms with Crippen LogP contribution in [0.25, 0.3) is 11.1 Å². The van der Waals surface area contributed by atoms with Gasteiger partial charge in [0.1, 0.15) is 11.4 Å². The molecule has 3 nitrogen and oxygen atoms in total. The third-order valence-electron chi connectivity index (χ3n) is 4.62. The van der Waals surface area contributed by atoms with E-state index in [2.05, 4.69) is 6.07 Å². The number of esters is 1. The van der Waals surface area contributed by atoms with Gasteiger partial charge >= 0.3 is 5.97 Å². The highest BCUT2D eigenvalue weighted by molar-refractivity contribution is 6.33. The third-order valence-corrected chi connectivity index (χ3v) is 4.94. The number of ether oxygens (including phenoxy) is 1. The molecule has 0 bridgehead atoms. The van der Waals surface area contributed by atoms with Gasteiger partial charge in [-0.3, -0.25) is 4.79 Å². The lowest BCUT2D eigenvalue weighted by atomic mass is 10.0. The summed E-state index contributed by atoms with van der Waals surface area (Å²) in [5.41, 5.74) is 4.57. The Hall–Kier alpha value is -2.98. The van der Waals surface area contributed by atoms with E-state index in [1.165, 1.54) is 17.7 Å². The average molecular weight is 381 g/mol. The maximum atomic E-state index is 13.8. The molecule has 0 radical (unpaired) electrons. The van der Waals surface area contributed by atoms with Crippen LogP contribution in [0.15, 0.2) is 60.7 Å². The predicted molar refractivity (Wildman–Crippen MR) is 101 cm³/mol. The van der Waals surface area contributed by atoms with Gasteiger partial charge in [0.2, 0.25) is 0 Å². The number of ketones is 1. The molecule has 0 heterocycles. The van der Waals surface area contributed by atoms with Gasteiger partial charge in [0, 0.05) is 5.56 Å². The largest absolute Gasteiger partial charge is 0.454 e. The van der Waals surface area contributed by atoms with Crippen LogP contribution in [0.5, 0.6) is 0 Å². The summed E-state index contributed by atoms with van der Waals surface area (Å²) in [6, 6.07) is 17.4. The first-order valence-electron chi connectivity index (χ1n) is 8.40. The fourth-order valence-electron chi connectivity index (χ4n) is 3.28. The maximum absolute atomic E-state index is 13.8. The summed E-state index contributed by atoms with van der Waals surface area (Å²) in [7, 11) is 0. The Morgan fingerprint density at radius 2 is 1.74 bits per heavy atom. The fraction of sp³-hybridized carbons (Fsp3) is 0.0909. The summed E-state index contributed by atoms with van der Waals surface area (Å²) in [5, 5.41) is -0.0541. The second kappa shape index (κ2) is 6.97. The Morgan fingerprint density at radius 3 is 2.56 bits per heavy atom. The molecule has 0 N–H and O–H groups in total. The molecule has 134 valence electrons. The van der Waals surface area contributed by atoms with Crippen molar-refractivity contribution in [2.75, 3.05) is 6.61 Å². The van der Waals surface area contributed by atoms with Crippen molar-refractivity contribution in [3.05, 3.63) is 93.8 Å². The first-order chi connectivity index (χ1) is 13.0. The minimum absolute atomic E-state index is 0.0541. The molecular weight excluding hydrogens is 367 g/mol. The molecule has 0 unspecified atom stereocenters. The normalized spacial score (nSPS) is 11.6. The number of hydrogen-bond donors (Lipinski definition) is 0. The number of carbonyl (C=O) groups is 2. The first-order valence-corrected chi connectivity index (χ1v) is 8.78. The zero-order chi connectivity index (χ0) is 19.0. The van der Waals surface area contributed by atoms with Crippen LogP contribution < -0.4 is 0 Å². The molecule has 5 heteroatoms. The molecular formula is C22H14ClFO3. The SMILES string of the molecule is O=C(COC(=O)c1c(F)cccc1Cl)c1ccc2c(c1)-c1ccccc1C2. The Bertz CT molecular complexity index is 1050. The smallest absolute Gasteiger partial charge is 0.343 e. The van der Waals surface area contributed by atoms with Crippen molar-refractivity contribution in [1.29, 1.82) is 0 Å².